The maximum atomic E-state index is 6.22. The Morgan fingerprint density at radius 1 is 1.24 bits per heavy atom. The van der Waals surface area contributed by atoms with Crippen molar-refractivity contribution >= 4 is 11.8 Å². The van der Waals surface area contributed by atoms with Gasteiger partial charge in [0.2, 0.25) is 0 Å². The Hall–Kier alpha value is -0.670. The van der Waals surface area contributed by atoms with Crippen molar-refractivity contribution in [2.24, 2.45) is 11.7 Å². The first-order chi connectivity index (χ1) is 8.06. The summed E-state index contributed by atoms with van der Waals surface area (Å²) in [4.78, 5) is 0. The second kappa shape index (κ2) is 6.92. The summed E-state index contributed by atoms with van der Waals surface area (Å²) in [6, 6.07) is 8.03. The van der Waals surface area contributed by atoms with Crippen molar-refractivity contribution in [2.75, 3.05) is 12.9 Å². The zero-order valence-electron chi connectivity index (χ0n) is 11.1. The van der Waals surface area contributed by atoms with Crippen LogP contribution in [0.3, 0.4) is 0 Å². The van der Waals surface area contributed by atoms with Crippen LogP contribution >= 0.6 is 11.8 Å². The summed E-state index contributed by atoms with van der Waals surface area (Å²) in [6.07, 6.45) is 0. The largest absolute Gasteiger partial charge is 0.496 e. The molecule has 3 heteroatoms. The van der Waals surface area contributed by atoms with Crippen LogP contribution in [0.15, 0.2) is 24.3 Å². The summed E-state index contributed by atoms with van der Waals surface area (Å²) >= 11 is 1.93. The van der Waals surface area contributed by atoms with Crippen LogP contribution in [0.4, 0.5) is 0 Å². The number of hydrogen-bond acceptors (Lipinski definition) is 3. The van der Waals surface area contributed by atoms with E-state index in [2.05, 4.69) is 20.8 Å². The highest BCUT2D eigenvalue weighted by atomic mass is 32.2. The molecule has 17 heavy (non-hydrogen) atoms. The van der Waals surface area contributed by atoms with Gasteiger partial charge in [-0.15, -0.1) is 0 Å². The first kappa shape index (κ1) is 14.4. The van der Waals surface area contributed by atoms with Crippen LogP contribution in [0.5, 0.6) is 5.75 Å². The molecule has 2 atom stereocenters. The molecule has 0 amide bonds. The van der Waals surface area contributed by atoms with E-state index in [0.29, 0.717) is 11.2 Å². The molecule has 0 fully saturated rings. The minimum atomic E-state index is 0.0392. The summed E-state index contributed by atoms with van der Waals surface area (Å²) in [5.41, 5.74) is 7.31. The highest BCUT2D eigenvalue weighted by Gasteiger charge is 2.14. The van der Waals surface area contributed by atoms with Crippen molar-refractivity contribution in [1.82, 2.24) is 0 Å². The van der Waals surface area contributed by atoms with Gasteiger partial charge < -0.3 is 10.5 Å². The van der Waals surface area contributed by atoms with Crippen molar-refractivity contribution in [3.8, 4) is 5.75 Å². The normalized spacial score (nSPS) is 14.7. The van der Waals surface area contributed by atoms with Crippen LogP contribution in [0.25, 0.3) is 0 Å². The lowest BCUT2D eigenvalue weighted by molar-refractivity contribution is 0.407. The number of thioether (sulfide) groups is 1. The topological polar surface area (TPSA) is 35.2 Å². The number of methoxy groups -OCH3 is 1. The molecule has 1 aromatic rings. The van der Waals surface area contributed by atoms with Crippen LogP contribution in [-0.4, -0.2) is 18.1 Å². The number of nitrogens with two attached hydrogens (primary N) is 1. The predicted octanol–water partition coefficient (Wildman–Crippen LogP) is 3.47. The molecule has 0 spiro atoms. The molecule has 2 N–H and O–H groups in total. The number of rotatable bonds is 6. The second-order valence-electron chi connectivity index (χ2n) is 4.63. The van der Waals surface area contributed by atoms with Crippen LogP contribution in [0.1, 0.15) is 32.4 Å². The van der Waals surface area contributed by atoms with E-state index in [1.54, 1.807) is 7.11 Å². The third-order valence-corrected chi connectivity index (χ3v) is 4.64. The van der Waals surface area contributed by atoms with Gasteiger partial charge >= 0.3 is 0 Å². The van der Waals surface area contributed by atoms with Crippen molar-refractivity contribution in [2.45, 2.75) is 32.1 Å². The maximum absolute atomic E-state index is 6.22. The van der Waals surface area contributed by atoms with E-state index in [-0.39, 0.29) is 6.04 Å². The number of hydrogen-bond donors (Lipinski definition) is 1. The molecule has 2 nitrogen and oxygen atoms in total. The lowest BCUT2D eigenvalue weighted by Gasteiger charge is -2.19. The van der Waals surface area contributed by atoms with Crippen molar-refractivity contribution < 1.29 is 4.74 Å². The average molecular weight is 253 g/mol. The second-order valence-corrected chi connectivity index (χ2v) is 6.04. The predicted molar refractivity (Wildman–Crippen MR) is 76.7 cm³/mol. The molecule has 2 unspecified atom stereocenters. The van der Waals surface area contributed by atoms with Crippen LogP contribution in [0.2, 0.25) is 0 Å². The standard InChI is InChI=1S/C14H23NOS/c1-10(2)11(3)17-9-13(15)12-7-5-6-8-14(12)16-4/h5-8,10-11,13H,9,15H2,1-4H3. The highest BCUT2D eigenvalue weighted by molar-refractivity contribution is 7.99. The van der Waals surface area contributed by atoms with Gasteiger partial charge in [0.15, 0.2) is 0 Å². The van der Waals surface area contributed by atoms with Crippen LogP contribution < -0.4 is 10.5 Å². The van der Waals surface area contributed by atoms with Gasteiger partial charge in [-0.1, -0.05) is 39.0 Å². The molecule has 0 saturated heterocycles. The van der Waals surface area contributed by atoms with Gasteiger partial charge in [-0.25, -0.2) is 0 Å². The summed E-state index contributed by atoms with van der Waals surface area (Å²) in [6.45, 7) is 6.74. The smallest absolute Gasteiger partial charge is 0.123 e. The Bertz CT molecular complexity index is 341. The quantitative estimate of drug-likeness (QED) is 0.843. The molecule has 0 radical (unpaired) electrons. The van der Waals surface area contributed by atoms with E-state index in [1.165, 1.54) is 0 Å². The van der Waals surface area contributed by atoms with Gasteiger partial charge in [0.1, 0.15) is 5.75 Å². The summed E-state index contributed by atoms with van der Waals surface area (Å²) in [5.74, 6) is 2.50. The Balaban J connectivity index is 2.60. The number of benzene rings is 1. The van der Waals surface area contributed by atoms with E-state index in [4.69, 9.17) is 10.5 Å². The highest BCUT2D eigenvalue weighted by Crippen LogP contribution is 2.28. The maximum Gasteiger partial charge on any atom is 0.123 e. The van der Waals surface area contributed by atoms with Crippen LogP contribution in [0, 0.1) is 5.92 Å². The third-order valence-electron chi connectivity index (χ3n) is 3.02. The summed E-state index contributed by atoms with van der Waals surface area (Å²) < 4.78 is 5.33. The van der Waals surface area contributed by atoms with E-state index in [0.717, 1.165) is 17.1 Å². The summed E-state index contributed by atoms with van der Waals surface area (Å²) in [5, 5.41) is 0.635. The molecule has 0 aliphatic carbocycles. The molecule has 0 bridgehead atoms. The van der Waals surface area contributed by atoms with E-state index in [9.17, 15) is 0 Å². The van der Waals surface area contributed by atoms with Gasteiger partial charge in [-0.05, 0) is 12.0 Å². The van der Waals surface area contributed by atoms with Gasteiger partial charge in [0.05, 0.1) is 7.11 Å². The van der Waals surface area contributed by atoms with Gasteiger partial charge in [0.25, 0.3) is 0 Å². The zero-order chi connectivity index (χ0) is 12.8. The SMILES string of the molecule is COc1ccccc1C(N)CSC(C)C(C)C. The fourth-order valence-electron chi connectivity index (χ4n) is 1.51. The Kier molecular flexibility index (Phi) is 5.86. The monoisotopic (exact) mass is 253 g/mol. The molecule has 96 valence electrons. The van der Waals surface area contributed by atoms with Crippen molar-refractivity contribution in [3.05, 3.63) is 29.8 Å². The van der Waals surface area contributed by atoms with Gasteiger partial charge in [-0.2, -0.15) is 11.8 Å². The molecule has 0 aliphatic rings. The van der Waals surface area contributed by atoms with Crippen molar-refractivity contribution in [3.63, 3.8) is 0 Å². The first-order valence-corrected chi connectivity index (χ1v) is 7.11. The van der Waals surface area contributed by atoms with Crippen molar-refractivity contribution in [1.29, 1.82) is 0 Å². The molecule has 0 aliphatic heterocycles. The zero-order valence-corrected chi connectivity index (χ0v) is 12.0. The van der Waals surface area contributed by atoms with Gasteiger partial charge in [0, 0.05) is 22.6 Å². The van der Waals surface area contributed by atoms with E-state index < -0.39 is 0 Å². The third kappa shape index (κ3) is 4.25. The lowest BCUT2D eigenvalue weighted by Crippen LogP contribution is -2.17. The molecule has 0 saturated carbocycles. The number of ether oxygens (including phenoxy) is 1. The Morgan fingerprint density at radius 2 is 1.88 bits per heavy atom. The fourth-order valence-corrected chi connectivity index (χ4v) is 2.59. The Morgan fingerprint density at radius 3 is 2.47 bits per heavy atom. The molecule has 1 rings (SSSR count). The molecular weight excluding hydrogens is 230 g/mol. The lowest BCUT2D eigenvalue weighted by atomic mass is 10.1. The minimum Gasteiger partial charge on any atom is -0.496 e. The Labute approximate surface area is 109 Å². The van der Waals surface area contributed by atoms with E-state index in [1.807, 2.05) is 36.0 Å². The minimum absolute atomic E-state index is 0.0392. The molecule has 0 aromatic heterocycles. The average Bonchev–Trinajstić information content (AvgIpc) is 2.35. The van der Waals surface area contributed by atoms with Crippen LogP contribution in [-0.2, 0) is 0 Å². The first-order valence-electron chi connectivity index (χ1n) is 6.06. The van der Waals surface area contributed by atoms with E-state index >= 15 is 0 Å². The molecular formula is C14H23NOS. The van der Waals surface area contributed by atoms with Gasteiger partial charge in [-0.3, -0.25) is 0 Å². The fraction of sp³-hybridized carbons (Fsp3) is 0.571. The molecule has 1 aromatic carbocycles. The number of para-hydroxylation sites is 1. The summed E-state index contributed by atoms with van der Waals surface area (Å²) in [7, 11) is 1.69. The molecule has 0 heterocycles.